The lowest BCUT2D eigenvalue weighted by atomic mass is 9.69. The van der Waals surface area contributed by atoms with Crippen molar-refractivity contribution in [3.8, 4) is 5.75 Å². The van der Waals surface area contributed by atoms with Gasteiger partial charge in [-0.1, -0.05) is 63.2 Å². The Hall–Kier alpha value is -4.52. The van der Waals surface area contributed by atoms with E-state index in [9.17, 15) is 14.0 Å². The SMILES string of the molecule is COc1ccc(/C=C2/CC(C(C)(C)C)Cc3c2nc2ccccc2c3C(=O)OCC(=O)NCc2ccc(F)cc2)cc1. The van der Waals surface area contributed by atoms with Crippen molar-refractivity contribution < 1.29 is 23.5 Å². The molecule has 1 aliphatic carbocycles. The van der Waals surface area contributed by atoms with Crippen LogP contribution in [-0.4, -0.2) is 30.6 Å². The molecule has 6 nitrogen and oxygen atoms in total. The molecule has 0 radical (unpaired) electrons. The predicted octanol–water partition coefficient (Wildman–Crippen LogP) is 7.00. The number of nitrogens with zero attached hydrogens (tertiary/aromatic N) is 1. The summed E-state index contributed by atoms with van der Waals surface area (Å²) in [6, 6.07) is 21.3. The zero-order chi connectivity index (χ0) is 29.9. The van der Waals surface area contributed by atoms with Gasteiger partial charge in [-0.05, 0) is 82.8 Å². The number of rotatable bonds is 7. The molecule has 0 aliphatic heterocycles. The number of pyridine rings is 1. The molecule has 7 heteroatoms. The molecule has 42 heavy (non-hydrogen) atoms. The van der Waals surface area contributed by atoms with Crippen LogP contribution >= 0.6 is 0 Å². The summed E-state index contributed by atoms with van der Waals surface area (Å²) in [5.74, 6) is -0.303. The summed E-state index contributed by atoms with van der Waals surface area (Å²) >= 11 is 0. The van der Waals surface area contributed by atoms with Gasteiger partial charge >= 0.3 is 5.97 Å². The Bertz CT molecular complexity index is 1640. The molecular weight excluding hydrogens is 531 g/mol. The van der Waals surface area contributed by atoms with E-state index in [1.807, 2.05) is 48.5 Å². The van der Waals surface area contributed by atoms with Gasteiger partial charge in [0, 0.05) is 11.9 Å². The van der Waals surface area contributed by atoms with Gasteiger partial charge in [-0.2, -0.15) is 0 Å². The van der Waals surface area contributed by atoms with Gasteiger partial charge in [0.05, 0.1) is 23.9 Å². The smallest absolute Gasteiger partial charge is 0.339 e. The van der Waals surface area contributed by atoms with E-state index in [0.29, 0.717) is 22.9 Å². The lowest BCUT2D eigenvalue weighted by Crippen LogP contribution is -2.30. The average Bonchev–Trinajstić information content (AvgIpc) is 2.98. The van der Waals surface area contributed by atoms with Gasteiger partial charge in [0.15, 0.2) is 6.61 Å². The topological polar surface area (TPSA) is 77.5 Å². The number of carbonyl (C=O) groups excluding carboxylic acids is 2. The van der Waals surface area contributed by atoms with Crippen LogP contribution < -0.4 is 10.1 Å². The highest BCUT2D eigenvalue weighted by molar-refractivity contribution is 6.07. The van der Waals surface area contributed by atoms with E-state index >= 15 is 0 Å². The van der Waals surface area contributed by atoms with Gasteiger partial charge < -0.3 is 14.8 Å². The van der Waals surface area contributed by atoms with Gasteiger partial charge in [-0.25, -0.2) is 14.2 Å². The van der Waals surface area contributed by atoms with Crippen molar-refractivity contribution in [3.05, 3.63) is 107 Å². The van der Waals surface area contributed by atoms with Gasteiger partial charge in [0.2, 0.25) is 0 Å². The molecule has 0 spiro atoms. The second kappa shape index (κ2) is 12.1. The highest BCUT2D eigenvalue weighted by Gasteiger charge is 2.35. The summed E-state index contributed by atoms with van der Waals surface area (Å²) in [6.07, 6.45) is 3.61. The van der Waals surface area contributed by atoms with E-state index in [1.165, 1.54) is 12.1 Å². The van der Waals surface area contributed by atoms with Crippen molar-refractivity contribution in [2.24, 2.45) is 11.3 Å². The number of aromatic nitrogens is 1. The van der Waals surface area contributed by atoms with Crippen LogP contribution in [0.1, 0.15) is 59.9 Å². The lowest BCUT2D eigenvalue weighted by molar-refractivity contribution is -0.124. The van der Waals surface area contributed by atoms with Gasteiger partial charge in [-0.3, -0.25) is 4.79 Å². The van der Waals surface area contributed by atoms with E-state index in [1.54, 1.807) is 19.2 Å². The Morgan fingerprint density at radius 1 is 1.00 bits per heavy atom. The number of halogens is 1. The summed E-state index contributed by atoms with van der Waals surface area (Å²) in [5.41, 5.74) is 5.57. The molecule has 216 valence electrons. The second-order valence-corrected chi connectivity index (χ2v) is 11.7. The van der Waals surface area contributed by atoms with E-state index in [-0.39, 0.29) is 23.7 Å². The lowest BCUT2D eigenvalue weighted by Gasteiger charge is -2.36. The molecule has 0 fully saturated rings. The fourth-order valence-corrected chi connectivity index (χ4v) is 5.33. The third-order valence-corrected chi connectivity index (χ3v) is 7.84. The van der Waals surface area contributed by atoms with Crippen molar-refractivity contribution >= 4 is 34.4 Å². The van der Waals surface area contributed by atoms with Crippen molar-refractivity contribution in [2.45, 2.75) is 40.2 Å². The number of benzene rings is 3. The molecule has 0 saturated heterocycles. The van der Waals surface area contributed by atoms with Crippen LogP contribution in [0.3, 0.4) is 0 Å². The number of nitrogens with one attached hydrogen (secondary N) is 1. The molecule has 1 atom stereocenters. The van der Waals surface area contributed by atoms with E-state index in [0.717, 1.165) is 40.1 Å². The van der Waals surface area contributed by atoms with Crippen LogP contribution in [0.2, 0.25) is 0 Å². The normalized spacial score (nSPS) is 15.7. The average molecular weight is 567 g/mol. The standard InChI is InChI=1S/C35H35FN2O4/c1-35(2,3)25-18-24(17-22-11-15-27(41-4)16-12-22)33-29(19-25)32(28-7-5-6-8-30(28)38-33)34(40)42-21-31(39)37-20-23-9-13-26(36)14-10-23/h5-17,25H,18-21H2,1-4H3,(H,37,39)/b24-17-. The summed E-state index contributed by atoms with van der Waals surface area (Å²) in [6.45, 7) is 6.42. The minimum absolute atomic E-state index is 0.0241. The number of fused-ring (bicyclic) bond motifs is 2. The van der Waals surface area contributed by atoms with Crippen LogP contribution in [0.4, 0.5) is 4.39 Å². The molecule has 1 aliphatic rings. The van der Waals surface area contributed by atoms with E-state index in [4.69, 9.17) is 14.5 Å². The molecule has 3 aromatic carbocycles. The highest BCUT2D eigenvalue weighted by atomic mass is 19.1. The molecule has 0 bridgehead atoms. The molecule has 1 aromatic heterocycles. The Labute approximate surface area is 245 Å². The fraction of sp³-hybridized carbons (Fsp3) is 0.286. The number of para-hydroxylation sites is 1. The van der Waals surface area contributed by atoms with Gasteiger partial charge in [0.1, 0.15) is 11.6 Å². The molecule has 4 aromatic rings. The summed E-state index contributed by atoms with van der Waals surface area (Å²) < 4.78 is 24.1. The zero-order valence-corrected chi connectivity index (χ0v) is 24.4. The minimum Gasteiger partial charge on any atom is -0.497 e. The fourth-order valence-electron chi connectivity index (χ4n) is 5.33. The molecular formula is C35H35FN2O4. The number of amides is 1. The largest absolute Gasteiger partial charge is 0.497 e. The van der Waals surface area contributed by atoms with E-state index in [2.05, 4.69) is 32.2 Å². The molecule has 1 heterocycles. The maximum Gasteiger partial charge on any atom is 0.339 e. The van der Waals surface area contributed by atoms with Crippen molar-refractivity contribution in [1.82, 2.24) is 10.3 Å². The Balaban J connectivity index is 1.48. The van der Waals surface area contributed by atoms with Crippen LogP contribution in [0.5, 0.6) is 5.75 Å². The maximum atomic E-state index is 13.7. The molecule has 5 rings (SSSR count). The first-order valence-corrected chi connectivity index (χ1v) is 14.1. The first-order valence-electron chi connectivity index (χ1n) is 14.1. The highest BCUT2D eigenvalue weighted by Crippen LogP contribution is 2.45. The Morgan fingerprint density at radius 2 is 1.71 bits per heavy atom. The number of carbonyl (C=O) groups is 2. The molecule has 1 unspecified atom stereocenters. The Morgan fingerprint density at radius 3 is 2.40 bits per heavy atom. The third kappa shape index (κ3) is 6.51. The second-order valence-electron chi connectivity index (χ2n) is 11.7. The first kappa shape index (κ1) is 29.0. The minimum atomic E-state index is -0.555. The monoisotopic (exact) mass is 566 g/mol. The zero-order valence-electron chi connectivity index (χ0n) is 24.4. The van der Waals surface area contributed by atoms with Crippen LogP contribution in [0.15, 0.2) is 72.8 Å². The predicted molar refractivity (Wildman–Crippen MR) is 162 cm³/mol. The van der Waals surface area contributed by atoms with Crippen LogP contribution in [0.25, 0.3) is 22.6 Å². The first-order chi connectivity index (χ1) is 20.1. The molecule has 1 N–H and O–H groups in total. The van der Waals surface area contributed by atoms with Crippen molar-refractivity contribution in [3.63, 3.8) is 0 Å². The number of esters is 1. The van der Waals surface area contributed by atoms with Crippen molar-refractivity contribution in [2.75, 3.05) is 13.7 Å². The summed E-state index contributed by atoms with van der Waals surface area (Å²) in [7, 11) is 1.64. The Kier molecular flexibility index (Phi) is 8.39. The number of ether oxygens (including phenoxy) is 2. The van der Waals surface area contributed by atoms with Crippen LogP contribution in [0, 0.1) is 17.2 Å². The van der Waals surface area contributed by atoms with E-state index < -0.39 is 18.5 Å². The quantitative estimate of drug-likeness (QED) is 0.244. The number of hydrogen-bond acceptors (Lipinski definition) is 5. The molecule has 0 saturated carbocycles. The third-order valence-electron chi connectivity index (χ3n) is 7.84. The van der Waals surface area contributed by atoms with Gasteiger partial charge in [-0.15, -0.1) is 0 Å². The number of hydrogen-bond donors (Lipinski definition) is 1. The molecule has 1 amide bonds. The van der Waals surface area contributed by atoms with Crippen molar-refractivity contribution in [1.29, 1.82) is 0 Å². The van der Waals surface area contributed by atoms with Crippen LogP contribution in [-0.2, 0) is 22.5 Å². The summed E-state index contributed by atoms with van der Waals surface area (Å²) in [4.78, 5) is 31.3. The van der Waals surface area contributed by atoms with Gasteiger partial charge in [0.25, 0.3) is 5.91 Å². The number of allylic oxidation sites excluding steroid dienone is 1. The summed E-state index contributed by atoms with van der Waals surface area (Å²) in [5, 5.41) is 3.43. The number of methoxy groups -OCH3 is 1. The maximum absolute atomic E-state index is 13.7.